The number of benzene rings is 1. The summed E-state index contributed by atoms with van der Waals surface area (Å²) in [7, 11) is 3.56. The van der Waals surface area contributed by atoms with Crippen LogP contribution in [0.3, 0.4) is 0 Å². The van der Waals surface area contributed by atoms with Gasteiger partial charge in [0.15, 0.2) is 5.96 Å². The largest absolute Gasteiger partial charge is 0.375 e. The number of ether oxygens (including phenoxy) is 1. The topological polar surface area (TPSA) is 48.9 Å². The van der Waals surface area contributed by atoms with Crippen LogP contribution in [0, 0.1) is 0 Å². The molecule has 0 spiro atoms. The number of nitrogens with one attached hydrogen (secondary N) is 2. The Balaban J connectivity index is 0.00000338. The van der Waals surface area contributed by atoms with Crippen molar-refractivity contribution >= 4 is 29.9 Å². The Bertz CT molecular complexity index is 512. The van der Waals surface area contributed by atoms with Crippen LogP contribution in [0.2, 0.25) is 0 Å². The quantitative estimate of drug-likeness (QED) is 0.263. The zero-order valence-electron chi connectivity index (χ0n) is 16.4. The molecule has 1 aliphatic heterocycles. The number of hydrogen-bond donors (Lipinski definition) is 2. The highest BCUT2D eigenvalue weighted by Crippen LogP contribution is 2.16. The van der Waals surface area contributed by atoms with Crippen molar-refractivity contribution in [2.45, 2.75) is 44.8 Å². The van der Waals surface area contributed by atoms with E-state index < -0.39 is 0 Å². The van der Waals surface area contributed by atoms with Gasteiger partial charge in [0.05, 0.1) is 6.10 Å². The van der Waals surface area contributed by atoms with Crippen LogP contribution >= 0.6 is 24.0 Å². The first-order valence-corrected chi connectivity index (χ1v) is 9.51. The monoisotopic (exact) mass is 474 g/mol. The Hall–Kier alpha value is -0.860. The molecule has 1 heterocycles. The van der Waals surface area contributed by atoms with Gasteiger partial charge in [-0.25, -0.2) is 0 Å². The molecule has 148 valence electrons. The predicted octanol–water partition coefficient (Wildman–Crippen LogP) is 3.42. The number of likely N-dealkylation sites (tertiary alicyclic amines) is 1. The van der Waals surface area contributed by atoms with Gasteiger partial charge >= 0.3 is 0 Å². The number of hydrogen-bond acceptors (Lipinski definition) is 3. The van der Waals surface area contributed by atoms with Crippen LogP contribution in [-0.4, -0.2) is 57.2 Å². The Morgan fingerprint density at radius 2 is 2.04 bits per heavy atom. The summed E-state index contributed by atoms with van der Waals surface area (Å²) in [6.07, 6.45) is 5.23. The van der Waals surface area contributed by atoms with Crippen LogP contribution in [0.15, 0.2) is 35.3 Å². The number of rotatable bonds is 8. The summed E-state index contributed by atoms with van der Waals surface area (Å²) in [5.74, 6) is 0.838. The van der Waals surface area contributed by atoms with Crippen molar-refractivity contribution in [2.24, 2.45) is 4.99 Å². The third-order valence-corrected chi connectivity index (χ3v) is 4.99. The van der Waals surface area contributed by atoms with Gasteiger partial charge in [-0.05, 0) is 38.3 Å². The molecule has 0 radical (unpaired) electrons. The molecule has 0 amide bonds. The lowest BCUT2D eigenvalue weighted by Crippen LogP contribution is -2.42. The summed E-state index contributed by atoms with van der Waals surface area (Å²) in [6.45, 7) is 6.40. The first-order chi connectivity index (χ1) is 12.2. The third-order valence-electron chi connectivity index (χ3n) is 4.99. The fraction of sp³-hybridized carbons (Fsp3) is 0.650. The average molecular weight is 474 g/mol. The number of guanidine groups is 1. The Labute approximate surface area is 176 Å². The minimum absolute atomic E-state index is 0. The molecule has 1 aliphatic rings. The van der Waals surface area contributed by atoms with Crippen LogP contribution in [0.25, 0.3) is 0 Å². The molecule has 1 aromatic carbocycles. The molecule has 0 aliphatic carbocycles. The molecule has 1 aromatic rings. The molecule has 2 atom stereocenters. The van der Waals surface area contributed by atoms with Crippen molar-refractivity contribution in [3.05, 3.63) is 35.9 Å². The second-order valence-electron chi connectivity index (χ2n) is 6.75. The van der Waals surface area contributed by atoms with Gasteiger partial charge in [-0.3, -0.25) is 4.99 Å². The van der Waals surface area contributed by atoms with E-state index >= 15 is 0 Å². The summed E-state index contributed by atoms with van der Waals surface area (Å²) < 4.78 is 5.60. The van der Waals surface area contributed by atoms with Gasteiger partial charge < -0.3 is 20.3 Å². The molecule has 26 heavy (non-hydrogen) atoms. The molecular formula is C20H35IN4O. The van der Waals surface area contributed by atoms with Gasteiger partial charge in [0, 0.05) is 39.8 Å². The summed E-state index contributed by atoms with van der Waals surface area (Å²) in [5.41, 5.74) is 1.17. The van der Waals surface area contributed by atoms with E-state index in [0.717, 1.165) is 31.5 Å². The third kappa shape index (κ3) is 7.80. The maximum Gasteiger partial charge on any atom is 0.191 e. The fourth-order valence-electron chi connectivity index (χ4n) is 3.39. The molecule has 0 aromatic heterocycles. The maximum atomic E-state index is 5.60. The van der Waals surface area contributed by atoms with Gasteiger partial charge in [0.25, 0.3) is 0 Å². The van der Waals surface area contributed by atoms with Crippen LogP contribution in [0.5, 0.6) is 0 Å². The highest BCUT2D eigenvalue weighted by molar-refractivity contribution is 14.0. The molecule has 1 saturated heterocycles. The van der Waals surface area contributed by atoms with Gasteiger partial charge in [-0.15, -0.1) is 24.0 Å². The molecule has 1 fully saturated rings. The van der Waals surface area contributed by atoms with E-state index in [1.54, 1.807) is 7.11 Å². The summed E-state index contributed by atoms with van der Waals surface area (Å²) in [5, 5.41) is 6.78. The lowest BCUT2D eigenvalue weighted by molar-refractivity contribution is 0.106. The Morgan fingerprint density at radius 1 is 1.27 bits per heavy atom. The number of piperidine rings is 1. The van der Waals surface area contributed by atoms with Crippen molar-refractivity contribution in [1.82, 2.24) is 15.5 Å². The first kappa shape index (κ1) is 23.2. The van der Waals surface area contributed by atoms with Crippen molar-refractivity contribution < 1.29 is 4.74 Å². The van der Waals surface area contributed by atoms with Crippen LogP contribution in [0.1, 0.15) is 44.3 Å². The van der Waals surface area contributed by atoms with Gasteiger partial charge in [0.2, 0.25) is 0 Å². The molecule has 0 saturated carbocycles. The van der Waals surface area contributed by atoms with E-state index in [9.17, 15) is 0 Å². The van der Waals surface area contributed by atoms with Gasteiger partial charge in [0.1, 0.15) is 0 Å². The molecule has 2 rings (SSSR count). The van der Waals surface area contributed by atoms with Crippen LogP contribution in [0.4, 0.5) is 0 Å². The second-order valence-corrected chi connectivity index (χ2v) is 6.75. The number of methoxy groups -OCH3 is 1. The maximum absolute atomic E-state index is 5.60. The highest BCUT2D eigenvalue weighted by atomic mass is 127. The standard InChI is InChI=1S/C20H34N4O.HI/c1-17-10-7-8-14-24(17)15-9-13-22-20(21-2)23-16-19(25-3)18-11-5-4-6-12-18;/h4-6,11-12,17,19H,7-10,13-16H2,1-3H3,(H2,21,22,23);1H. The zero-order chi connectivity index (χ0) is 17.9. The Kier molecular flexibility index (Phi) is 11.9. The van der Waals surface area contributed by atoms with Crippen molar-refractivity contribution in [1.29, 1.82) is 0 Å². The number of nitrogens with zero attached hydrogens (tertiary/aromatic N) is 2. The van der Waals surface area contributed by atoms with E-state index in [0.29, 0.717) is 6.54 Å². The Morgan fingerprint density at radius 3 is 2.69 bits per heavy atom. The molecule has 5 nitrogen and oxygen atoms in total. The molecule has 6 heteroatoms. The van der Waals surface area contributed by atoms with E-state index in [1.165, 1.54) is 31.4 Å². The van der Waals surface area contributed by atoms with Crippen molar-refractivity contribution in [3.8, 4) is 0 Å². The van der Waals surface area contributed by atoms with Crippen LogP contribution < -0.4 is 10.6 Å². The average Bonchev–Trinajstić information content (AvgIpc) is 2.66. The first-order valence-electron chi connectivity index (χ1n) is 9.51. The van der Waals surface area contributed by atoms with Gasteiger partial charge in [-0.2, -0.15) is 0 Å². The van der Waals surface area contributed by atoms with Gasteiger partial charge in [-0.1, -0.05) is 36.8 Å². The minimum atomic E-state index is 0. The SMILES string of the molecule is CN=C(NCCCN1CCCCC1C)NCC(OC)c1ccccc1.I. The summed E-state index contributed by atoms with van der Waals surface area (Å²) in [6, 6.07) is 11.0. The van der Waals surface area contributed by atoms with Crippen LogP contribution in [-0.2, 0) is 4.74 Å². The van der Waals surface area contributed by atoms with E-state index in [2.05, 4.69) is 39.6 Å². The highest BCUT2D eigenvalue weighted by Gasteiger charge is 2.17. The predicted molar refractivity (Wildman–Crippen MR) is 120 cm³/mol. The number of aliphatic imine (C=N–C) groups is 1. The normalized spacial score (nSPS) is 19.5. The smallest absolute Gasteiger partial charge is 0.191 e. The molecule has 2 unspecified atom stereocenters. The molecular weight excluding hydrogens is 439 g/mol. The second kappa shape index (κ2) is 13.3. The van der Waals surface area contributed by atoms with Crippen molar-refractivity contribution in [2.75, 3.05) is 40.3 Å². The lowest BCUT2D eigenvalue weighted by atomic mass is 10.0. The summed E-state index contributed by atoms with van der Waals surface area (Å²) in [4.78, 5) is 6.92. The molecule has 2 N–H and O–H groups in total. The summed E-state index contributed by atoms with van der Waals surface area (Å²) >= 11 is 0. The zero-order valence-corrected chi connectivity index (χ0v) is 18.7. The number of halogens is 1. The molecule has 0 bridgehead atoms. The fourth-order valence-corrected chi connectivity index (χ4v) is 3.39. The van der Waals surface area contributed by atoms with Crippen molar-refractivity contribution in [3.63, 3.8) is 0 Å². The van der Waals surface area contributed by atoms with E-state index in [-0.39, 0.29) is 30.1 Å². The lowest BCUT2D eigenvalue weighted by Gasteiger charge is -2.33. The van der Waals surface area contributed by atoms with E-state index in [4.69, 9.17) is 4.74 Å². The minimum Gasteiger partial charge on any atom is -0.375 e. The van der Waals surface area contributed by atoms with E-state index in [1.807, 2.05) is 25.2 Å².